The van der Waals surface area contributed by atoms with Crippen molar-refractivity contribution in [2.45, 2.75) is 25.7 Å². The van der Waals surface area contributed by atoms with E-state index in [1.807, 2.05) is 13.0 Å². The molecule has 5 heteroatoms. The average molecular weight is 239 g/mol. The van der Waals surface area contributed by atoms with Gasteiger partial charge in [0.25, 0.3) is 0 Å². The fourth-order valence-corrected chi connectivity index (χ4v) is 1.47. The summed E-state index contributed by atoms with van der Waals surface area (Å²) >= 11 is 0. The second-order valence-corrected chi connectivity index (χ2v) is 3.75. The summed E-state index contributed by atoms with van der Waals surface area (Å²) in [6, 6.07) is 6.86. The summed E-state index contributed by atoms with van der Waals surface area (Å²) in [6.45, 7) is 3.44. The smallest absolute Gasteiger partial charge is 0.335 e. The molecule has 0 aliphatic rings. The SMILES string of the molecule is CCNCc1cccc(C(O)C(O)C(=O)O)c1. The maximum absolute atomic E-state index is 10.5. The van der Waals surface area contributed by atoms with Crippen molar-refractivity contribution < 1.29 is 20.1 Å². The number of benzene rings is 1. The van der Waals surface area contributed by atoms with Gasteiger partial charge in [0.15, 0.2) is 6.10 Å². The average Bonchev–Trinajstić information content (AvgIpc) is 2.34. The van der Waals surface area contributed by atoms with Crippen molar-refractivity contribution >= 4 is 5.97 Å². The van der Waals surface area contributed by atoms with Gasteiger partial charge in [-0.1, -0.05) is 31.2 Å². The standard InChI is InChI=1S/C12H17NO4/c1-2-13-7-8-4-3-5-9(6-8)10(14)11(15)12(16)17/h3-6,10-11,13-15H,2,7H2,1H3,(H,16,17). The molecule has 94 valence electrons. The van der Waals surface area contributed by atoms with E-state index in [1.54, 1.807) is 18.2 Å². The minimum absolute atomic E-state index is 0.398. The van der Waals surface area contributed by atoms with E-state index in [0.717, 1.165) is 12.1 Å². The van der Waals surface area contributed by atoms with E-state index in [0.29, 0.717) is 12.1 Å². The monoisotopic (exact) mass is 239 g/mol. The summed E-state index contributed by atoms with van der Waals surface area (Å²) in [5.41, 5.74) is 1.33. The van der Waals surface area contributed by atoms with E-state index in [4.69, 9.17) is 5.11 Å². The van der Waals surface area contributed by atoms with Gasteiger partial charge in [-0.05, 0) is 17.7 Å². The Hall–Kier alpha value is -1.43. The van der Waals surface area contributed by atoms with Gasteiger partial charge in [0, 0.05) is 6.54 Å². The summed E-state index contributed by atoms with van der Waals surface area (Å²) in [7, 11) is 0. The van der Waals surface area contributed by atoms with Gasteiger partial charge >= 0.3 is 5.97 Å². The predicted octanol–water partition coefficient (Wildman–Crippen LogP) is 0.275. The van der Waals surface area contributed by atoms with Gasteiger partial charge in [0.2, 0.25) is 0 Å². The van der Waals surface area contributed by atoms with Crippen LogP contribution in [0.2, 0.25) is 0 Å². The number of carbonyl (C=O) groups is 1. The molecule has 5 nitrogen and oxygen atoms in total. The Morgan fingerprint density at radius 3 is 2.71 bits per heavy atom. The topological polar surface area (TPSA) is 89.8 Å². The predicted molar refractivity (Wildman–Crippen MR) is 62.4 cm³/mol. The Morgan fingerprint density at radius 2 is 2.12 bits per heavy atom. The lowest BCUT2D eigenvalue weighted by atomic mass is 10.0. The molecule has 4 N–H and O–H groups in total. The number of aliphatic carboxylic acids is 1. The highest BCUT2D eigenvalue weighted by atomic mass is 16.4. The molecule has 1 aromatic carbocycles. The molecule has 0 amide bonds. The molecule has 0 aromatic heterocycles. The molecular weight excluding hydrogens is 222 g/mol. The van der Waals surface area contributed by atoms with Crippen LogP contribution in [0.4, 0.5) is 0 Å². The van der Waals surface area contributed by atoms with E-state index in [2.05, 4.69) is 5.32 Å². The van der Waals surface area contributed by atoms with Gasteiger partial charge in [-0.3, -0.25) is 0 Å². The van der Waals surface area contributed by atoms with Crippen molar-refractivity contribution in [3.8, 4) is 0 Å². The zero-order valence-electron chi connectivity index (χ0n) is 9.63. The normalized spacial score (nSPS) is 14.3. The first-order chi connectivity index (χ1) is 8.06. The van der Waals surface area contributed by atoms with Crippen LogP contribution >= 0.6 is 0 Å². The van der Waals surface area contributed by atoms with Gasteiger partial charge in [-0.2, -0.15) is 0 Å². The number of nitrogens with one attached hydrogen (secondary N) is 1. The first kappa shape index (κ1) is 13.6. The van der Waals surface area contributed by atoms with Crippen LogP contribution in [0.3, 0.4) is 0 Å². The van der Waals surface area contributed by atoms with E-state index < -0.39 is 18.2 Å². The fourth-order valence-electron chi connectivity index (χ4n) is 1.47. The molecule has 0 bridgehead atoms. The summed E-state index contributed by atoms with van der Waals surface area (Å²) in [5.74, 6) is -1.44. The van der Waals surface area contributed by atoms with Gasteiger partial charge in [0.05, 0.1) is 0 Å². The number of hydrogen-bond acceptors (Lipinski definition) is 4. The van der Waals surface area contributed by atoms with Crippen LogP contribution in [0, 0.1) is 0 Å². The summed E-state index contributed by atoms with van der Waals surface area (Å²) < 4.78 is 0. The van der Waals surface area contributed by atoms with Crippen LogP contribution in [-0.2, 0) is 11.3 Å². The number of aliphatic hydroxyl groups is 2. The van der Waals surface area contributed by atoms with Crippen LogP contribution in [0.25, 0.3) is 0 Å². The maximum Gasteiger partial charge on any atom is 0.335 e. The van der Waals surface area contributed by atoms with Crippen LogP contribution in [0.5, 0.6) is 0 Å². The minimum Gasteiger partial charge on any atom is -0.479 e. The molecule has 0 aliphatic heterocycles. The molecule has 17 heavy (non-hydrogen) atoms. The summed E-state index contributed by atoms with van der Waals surface area (Å²) in [4.78, 5) is 10.5. The number of carboxylic acid groups (broad SMARTS) is 1. The molecule has 0 saturated carbocycles. The number of carboxylic acids is 1. The van der Waals surface area contributed by atoms with E-state index in [-0.39, 0.29) is 0 Å². The second-order valence-electron chi connectivity index (χ2n) is 3.75. The fraction of sp³-hybridized carbons (Fsp3) is 0.417. The van der Waals surface area contributed by atoms with Crippen LogP contribution in [0.1, 0.15) is 24.2 Å². The molecule has 1 aromatic rings. The van der Waals surface area contributed by atoms with E-state index in [9.17, 15) is 15.0 Å². The lowest BCUT2D eigenvalue weighted by Crippen LogP contribution is -2.27. The molecule has 0 spiro atoms. The molecule has 0 radical (unpaired) electrons. The summed E-state index contributed by atoms with van der Waals surface area (Å²) in [5, 5.41) is 30.6. The molecule has 2 atom stereocenters. The highest BCUT2D eigenvalue weighted by Gasteiger charge is 2.24. The zero-order chi connectivity index (χ0) is 12.8. The van der Waals surface area contributed by atoms with Crippen LogP contribution < -0.4 is 5.32 Å². The van der Waals surface area contributed by atoms with Gasteiger partial charge in [-0.25, -0.2) is 4.79 Å². The first-order valence-corrected chi connectivity index (χ1v) is 5.44. The Kier molecular flexibility index (Phi) is 5.09. The van der Waals surface area contributed by atoms with Crippen molar-refractivity contribution in [3.05, 3.63) is 35.4 Å². The molecule has 0 aliphatic carbocycles. The molecule has 0 saturated heterocycles. The lowest BCUT2D eigenvalue weighted by Gasteiger charge is -2.15. The third kappa shape index (κ3) is 3.81. The van der Waals surface area contributed by atoms with Gasteiger partial charge in [0.1, 0.15) is 6.10 Å². The van der Waals surface area contributed by atoms with Crippen molar-refractivity contribution in [1.29, 1.82) is 0 Å². The number of hydrogen-bond donors (Lipinski definition) is 4. The minimum atomic E-state index is -1.80. The maximum atomic E-state index is 10.5. The summed E-state index contributed by atoms with van der Waals surface area (Å²) in [6.07, 6.45) is -3.21. The Bertz CT molecular complexity index is 381. The van der Waals surface area contributed by atoms with Crippen molar-refractivity contribution in [2.75, 3.05) is 6.54 Å². The lowest BCUT2D eigenvalue weighted by molar-refractivity contribution is -0.153. The van der Waals surface area contributed by atoms with Gasteiger partial charge < -0.3 is 20.6 Å². The Labute approximate surface area is 99.7 Å². The number of aliphatic hydroxyl groups excluding tert-OH is 2. The molecule has 0 fully saturated rings. The van der Waals surface area contributed by atoms with Crippen molar-refractivity contribution in [1.82, 2.24) is 5.32 Å². The zero-order valence-corrected chi connectivity index (χ0v) is 9.63. The third-order valence-electron chi connectivity index (χ3n) is 2.42. The molecule has 0 heterocycles. The van der Waals surface area contributed by atoms with Crippen molar-refractivity contribution in [3.63, 3.8) is 0 Å². The van der Waals surface area contributed by atoms with Crippen LogP contribution in [0.15, 0.2) is 24.3 Å². The number of rotatable bonds is 6. The van der Waals surface area contributed by atoms with Crippen LogP contribution in [-0.4, -0.2) is 33.9 Å². The third-order valence-corrected chi connectivity index (χ3v) is 2.42. The molecule has 1 rings (SSSR count). The van der Waals surface area contributed by atoms with E-state index in [1.165, 1.54) is 0 Å². The largest absolute Gasteiger partial charge is 0.479 e. The van der Waals surface area contributed by atoms with Crippen molar-refractivity contribution in [2.24, 2.45) is 0 Å². The Morgan fingerprint density at radius 1 is 1.41 bits per heavy atom. The Balaban J connectivity index is 2.80. The molecule has 2 unspecified atom stereocenters. The quantitative estimate of drug-likeness (QED) is 0.572. The molecular formula is C12H17NO4. The highest BCUT2D eigenvalue weighted by molar-refractivity contribution is 5.73. The first-order valence-electron chi connectivity index (χ1n) is 5.44. The highest BCUT2D eigenvalue weighted by Crippen LogP contribution is 2.18. The van der Waals surface area contributed by atoms with E-state index >= 15 is 0 Å². The van der Waals surface area contributed by atoms with Gasteiger partial charge in [-0.15, -0.1) is 0 Å². The second kappa shape index (κ2) is 6.34.